The van der Waals surface area contributed by atoms with Crippen molar-refractivity contribution in [2.24, 2.45) is 0 Å². The lowest BCUT2D eigenvalue weighted by molar-refractivity contribution is -0.133. The van der Waals surface area contributed by atoms with Crippen LogP contribution in [0.5, 0.6) is 23.0 Å². The molecule has 0 amide bonds. The van der Waals surface area contributed by atoms with E-state index in [2.05, 4.69) is 0 Å². The standard InChI is InChI=1S/C32H36N2O9S/c1-16(2)42-22-12-10-19(15-23(22)39-6)28-30(35)34-26(29(44-28)32(37)41-8)20(25(33)27(34)31(36)40-7)13-18-9-11-21(38-5)24(14-18)43-17(3)4/h9-17,28H,33H2,1-8H3/b20-13+/t28-/m0/s1. The molecule has 4 rings (SSSR count). The second-order valence-corrected chi connectivity index (χ2v) is 11.4. The van der Waals surface area contributed by atoms with Gasteiger partial charge in [0.25, 0.3) is 0 Å². The van der Waals surface area contributed by atoms with Crippen molar-refractivity contribution in [3.63, 3.8) is 0 Å². The number of aromatic nitrogens is 1. The summed E-state index contributed by atoms with van der Waals surface area (Å²) >= 11 is 0.994. The summed E-state index contributed by atoms with van der Waals surface area (Å²) < 4.78 is 34.0. The van der Waals surface area contributed by atoms with Gasteiger partial charge in [0.15, 0.2) is 28.7 Å². The molecule has 0 fully saturated rings. The van der Waals surface area contributed by atoms with E-state index >= 15 is 0 Å². The maximum absolute atomic E-state index is 14.2. The SMILES string of the molecule is COC(=O)C1=c2/c(=C/c3ccc(OC)c(OC(C)C)c3)c(N)c(C(=O)OC)n2C(=O)[C@H](c2ccc(OC(C)C)c(OC)c2)S1. The van der Waals surface area contributed by atoms with Gasteiger partial charge in [-0.25, -0.2) is 9.59 Å². The molecule has 1 aliphatic heterocycles. The van der Waals surface area contributed by atoms with Crippen molar-refractivity contribution in [2.75, 3.05) is 34.2 Å². The van der Waals surface area contributed by atoms with Crippen LogP contribution in [0, 0.1) is 0 Å². The molecule has 234 valence electrons. The van der Waals surface area contributed by atoms with Gasteiger partial charge in [0.1, 0.15) is 10.2 Å². The number of nitrogens with zero attached hydrogens (tertiary/aromatic N) is 1. The zero-order chi connectivity index (χ0) is 32.3. The number of nitrogen functional groups attached to an aromatic ring is 1. The fourth-order valence-electron chi connectivity index (χ4n) is 4.78. The van der Waals surface area contributed by atoms with Gasteiger partial charge in [-0.05, 0) is 69.2 Å². The van der Waals surface area contributed by atoms with Crippen LogP contribution in [0.25, 0.3) is 11.0 Å². The quantitative estimate of drug-likeness (QED) is 0.331. The third-order valence-corrected chi connectivity index (χ3v) is 7.91. The number of rotatable bonds is 10. The van der Waals surface area contributed by atoms with Gasteiger partial charge < -0.3 is 34.2 Å². The number of benzene rings is 2. The van der Waals surface area contributed by atoms with E-state index in [0.717, 1.165) is 16.3 Å². The molecule has 0 saturated heterocycles. The molecule has 11 nitrogen and oxygen atoms in total. The Morgan fingerprint density at radius 1 is 0.841 bits per heavy atom. The minimum absolute atomic E-state index is 0.0386. The van der Waals surface area contributed by atoms with Gasteiger partial charge in [0.2, 0.25) is 5.91 Å². The van der Waals surface area contributed by atoms with E-state index in [1.54, 1.807) is 42.5 Å². The fourth-order valence-corrected chi connectivity index (χ4v) is 6.00. The first-order chi connectivity index (χ1) is 20.9. The van der Waals surface area contributed by atoms with Gasteiger partial charge in [-0.2, -0.15) is 0 Å². The van der Waals surface area contributed by atoms with Crippen molar-refractivity contribution in [3.8, 4) is 23.0 Å². The zero-order valence-corrected chi connectivity index (χ0v) is 26.7. The molecule has 2 aromatic carbocycles. The first-order valence-corrected chi connectivity index (χ1v) is 14.7. The van der Waals surface area contributed by atoms with E-state index < -0.39 is 23.1 Å². The summed E-state index contributed by atoms with van der Waals surface area (Å²) in [5, 5.41) is -0.576. The maximum atomic E-state index is 14.2. The highest BCUT2D eigenvalue weighted by atomic mass is 32.2. The number of hydrogen-bond acceptors (Lipinski definition) is 11. The molecule has 1 atom stereocenters. The van der Waals surface area contributed by atoms with E-state index in [0.29, 0.717) is 34.1 Å². The molecule has 3 aromatic rings. The monoisotopic (exact) mass is 624 g/mol. The predicted octanol–water partition coefficient (Wildman–Crippen LogP) is 3.69. The number of carbonyl (C=O) groups excluding carboxylic acids is 3. The molecule has 2 heterocycles. The van der Waals surface area contributed by atoms with Crippen LogP contribution >= 0.6 is 11.8 Å². The molecule has 0 aliphatic carbocycles. The van der Waals surface area contributed by atoms with Crippen LogP contribution in [0.3, 0.4) is 0 Å². The Morgan fingerprint density at radius 3 is 2.05 bits per heavy atom. The minimum atomic E-state index is -0.964. The molecular formula is C32H36N2O9S. The van der Waals surface area contributed by atoms with Crippen LogP contribution in [0.1, 0.15) is 59.4 Å². The summed E-state index contributed by atoms with van der Waals surface area (Å²) in [5.74, 6) is -0.155. The smallest absolute Gasteiger partial charge is 0.357 e. The predicted molar refractivity (Wildman–Crippen MR) is 167 cm³/mol. The van der Waals surface area contributed by atoms with Crippen molar-refractivity contribution in [3.05, 3.63) is 63.8 Å². The lowest BCUT2D eigenvalue weighted by Crippen LogP contribution is -2.42. The summed E-state index contributed by atoms with van der Waals surface area (Å²) in [6, 6.07) is 10.3. The highest BCUT2D eigenvalue weighted by molar-refractivity contribution is 8.10. The Labute approximate surface area is 259 Å². The number of hydrogen-bond donors (Lipinski definition) is 1. The van der Waals surface area contributed by atoms with Gasteiger partial charge >= 0.3 is 11.9 Å². The first kappa shape index (κ1) is 32.3. The number of thioether (sulfide) groups is 1. The van der Waals surface area contributed by atoms with Crippen LogP contribution in [-0.4, -0.2) is 63.1 Å². The van der Waals surface area contributed by atoms with Crippen LogP contribution < -0.4 is 35.2 Å². The van der Waals surface area contributed by atoms with Crippen molar-refractivity contribution >= 4 is 46.3 Å². The summed E-state index contributed by atoms with van der Waals surface area (Å²) in [7, 11) is 5.46. The summed E-state index contributed by atoms with van der Waals surface area (Å²) in [5.41, 5.74) is 7.46. The number of methoxy groups -OCH3 is 4. The van der Waals surface area contributed by atoms with E-state index in [1.807, 2.05) is 27.7 Å². The van der Waals surface area contributed by atoms with E-state index in [1.165, 1.54) is 28.4 Å². The average Bonchev–Trinajstić information content (AvgIpc) is 3.28. The van der Waals surface area contributed by atoms with Gasteiger partial charge in [-0.3, -0.25) is 9.36 Å². The maximum Gasteiger partial charge on any atom is 0.357 e. The van der Waals surface area contributed by atoms with Crippen LogP contribution in [0.4, 0.5) is 5.69 Å². The van der Waals surface area contributed by atoms with Crippen molar-refractivity contribution < 1.29 is 42.8 Å². The Hall–Kier alpha value is -4.58. The topological polar surface area (TPSA) is 138 Å². The summed E-state index contributed by atoms with van der Waals surface area (Å²) in [6.45, 7) is 7.54. The molecular weight excluding hydrogens is 588 g/mol. The van der Waals surface area contributed by atoms with E-state index in [-0.39, 0.29) is 39.1 Å². The normalized spacial score (nSPS) is 14.9. The lowest BCUT2D eigenvalue weighted by Gasteiger charge is -2.24. The number of esters is 2. The van der Waals surface area contributed by atoms with Crippen molar-refractivity contribution in [1.82, 2.24) is 4.57 Å². The third-order valence-electron chi connectivity index (χ3n) is 6.61. The molecule has 0 unspecified atom stereocenters. The average molecular weight is 625 g/mol. The second-order valence-electron chi connectivity index (χ2n) is 10.3. The van der Waals surface area contributed by atoms with Crippen LogP contribution in [0.2, 0.25) is 0 Å². The van der Waals surface area contributed by atoms with Gasteiger partial charge in [0, 0.05) is 5.22 Å². The number of ether oxygens (including phenoxy) is 6. The largest absolute Gasteiger partial charge is 0.493 e. The first-order valence-electron chi connectivity index (χ1n) is 13.8. The molecule has 2 N–H and O–H groups in total. The minimum Gasteiger partial charge on any atom is -0.493 e. The van der Waals surface area contributed by atoms with Crippen molar-refractivity contribution in [2.45, 2.75) is 45.2 Å². The van der Waals surface area contributed by atoms with Gasteiger partial charge in [0.05, 0.1) is 51.7 Å². The van der Waals surface area contributed by atoms with Gasteiger partial charge in [-0.1, -0.05) is 23.9 Å². The Morgan fingerprint density at radius 2 is 1.45 bits per heavy atom. The van der Waals surface area contributed by atoms with Gasteiger partial charge in [-0.15, -0.1) is 0 Å². The third kappa shape index (κ3) is 6.21. The van der Waals surface area contributed by atoms with Crippen molar-refractivity contribution in [1.29, 1.82) is 0 Å². The molecule has 0 bridgehead atoms. The number of carbonyl (C=O) groups is 3. The second kappa shape index (κ2) is 13.4. The van der Waals surface area contributed by atoms with Crippen LogP contribution in [0.15, 0.2) is 36.4 Å². The highest BCUT2D eigenvalue weighted by Gasteiger charge is 2.38. The Balaban J connectivity index is 2.02. The molecule has 44 heavy (non-hydrogen) atoms. The molecule has 1 aromatic heterocycles. The molecule has 0 saturated carbocycles. The van der Waals surface area contributed by atoms with Crippen LogP contribution in [-0.2, 0) is 14.3 Å². The molecule has 1 aliphatic rings. The summed E-state index contributed by atoms with van der Waals surface area (Å²) in [6.07, 6.45) is 1.42. The van der Waals surface area contributed by atoms with E-state index in [9.17, 15) is 14.4 Å². The molecule has 12 heteroatoms. The lowest BCUT2D eigenvalue weighted by atomic mass is 10.1. The van der Waals surface area contributed by atoms with E-state index in [4.69, 9.17) is 34.2 Å². The summed E-state index contributed by atoms with van der Waals surface area (Å²) in [4.78, 5) is 40.7. The zero-order valence-electron chi connectivity index (χ0n) is 25.9. The highest BCUT2D eigenvalue weighted by Crippen LogP contribution is 2.42. The fraction of sp³-hybridized carbons (Fsp3) is 0.344. The number of anilines is 1. The Bertz CT molecular complexity index is 1730. The Kier molecular flexibility index (Phi) is 9.83. The number of nitrogens with two attached hydrogens (primary N) is 1. The molecule has 0 spiro atoms. The molecule has 0 radical (unpaired) electrons. The number of fused-ring (bicyclic) bond motifs is 1.